The summed E-state index contributed by atoms with van der Waals surface area (Å²) in [5.74, 6) is 0.369. The fourth-order valence-corrected chi connectivity index (χ4v) is 3.42. The third kappa shape index (κ3) is 5.29. The Bertz CT molecular complexity index is 938. The van der Waals surface area contributed by atoms with Crippen LogP contribution in [0.4, 0.5) is 0 Å². The Kier molecular flexibility index (Phi) is 6.32. The standard InChI is InChI=1S/C26H34O3/c1-10-22(27)29-24-19(11-16(2)12-21(24)26(7,8)9)14-18-15-20(25(4,5)6)13-17(3)23(18)28/h10-13,15,28H,1,14H2,2-9H3. The number of phenols is 1. The summed E-state index contributed by atoms with van der Waals surface area (Å²) in [6.45, 7) is 20.2. The van der Waals surface area contributed by atoms with Crippen LogP contribution in [0.3, 0.4) is 0 Å². The molecular formula is C26H34O3. The molecule has 0 atom stereocenters. The number of carbonyl (C=O) groups is 1. The maximum Gasteiger partial charge on any atom is 0.335 e. The van der Waals surface area contributed by atoms with Gasteiger partial charge >= 0.3 is 5.97 Å². The van der Waals surface area contributed by atoms with Crippen molar-refractivity contribution in [2.75, 3.05) is 0 Å². The molecule has 3 nitrogen and oxygen atoms in total. The van der Waals surface area contributed by atoms with Gasteiger partial charge in [-0.05, 0) is 46.9 Å². The first-order valence-corrected chi connectivity index (χ1v) is 10.0. The molecule has 0 saturated heterocycles. The topological polar surface area (TPSA) is 46.5 Å². The Hall–Kier alpha value is -2.55. The predicted molar refractivity (Wildman–Crippen MR) is 120 cm³/mol. The quantitative estimate of drug-likeness (QED) is 0.377. The van der Waals surface area contributed by atoms with Crippen molar-refractivity contribution in [3.63, 3.8) is 0 Å². The molecule has 0 saturated carbocycles. The van der Waals surface area contributed by atoms with E-state index in [1.807, 2.05) is 26.0 Å². The molecule has 0 aromatic heterocycles. The Morgan fingerprint density at radius 3 is 2.14 bits per heavy atom. The molecule has 0 heterocycles. The van der Waals surface area contributed by atoms with E-state index in [2.05, 4.69) is 60.3 Å². The maximum absolute atomic E-state index is 12.1. The van der Waals surface area contributed by atoms with Gasteiger partial charge in [-0.3, -0.25) is 0 Å². The van der Waals surface area contributed by atoms with Crippen molar-refractivity contribution < 1.29 is 14.6 Å². The van der Waals surface area contributed by atoms with Crippen molar-refractivity contribution in [3.05, 3.63) is 70.3 Å². The normalized spacial score (nSPS) is 12.0. The van der Waals surface area contributed by atoms with Crippen LogP contribution in [0.1, 0.15) is 74.9 Å². The molecule has 1 N–H and O–H groups in total. The highest BCUT2D eigenvalue weighted by Gasteiger charge is 2.25. The van der Waals surface area contributed by atoms with Crippen LogP contribution in [-0.2, 0) is 22.0 Å². The van der Waals surface area contributed by atoms with E-state index in [9.17, 15) is 9.90 Å². The predicted octanol–water partition coefficient (Wildman–Crippen LogP) is 6.29. The monoisotopic (exact) mass is 394 g/mol. The van der Waals surface area contributed by atoms with Crippen LogP contribution < -0.4 is 4.74 Å². The molecule has 156 valence electrons. The van der Waals surface area contributed by atoms with Crippen molar-refractivity contribution in [1.29, 1.82) is 0 Å². The summed E-state index contributed by atoms with van der Waals surface area (Å²) in [4.78, 5) is 12.1. The van der Waals surface area contributed by atoms with Crippen LogP contribution in [0.15, 0.2) is 36.9 Å². The molecule has 0 aliphatic carbocycles. The summed E-state index contributed by atoms with van der Waals surface area (Å²) in [6, 6.07) is 8.18. The van der Waals surface area contributed by atoms with E-state index in [1.165, 1.54) is 6.08 Å². The van der Waals surface area contributed by atoms with Gasteiger partial charge in [-0.1, -0.05) is 78.0 Å². The van der Waals surface area contributed by atoms with E-state index < -0.39 is 5.97 Å². The minimum Gasteiger partial charge on any atom is -0.507 e. The molecule has 0 bridgehead atoms. The van der Waals surface area contributed by atoms with Crippen molar-refractivity contribution in [1.82, 2.24) is 0 Å². The Labute approximate surface area is 175 Å². The number of esters is 1. The highest BCUT2D eigenvalue weighted by atomic mass is 16.5. The van der Waals surface area contributed by atoms with Gasteiger partial charge in [0.05, 0.1) is 0 Å². The molecule has 0 radical (unpaired) electrons. The summed E-state index contributed by atoms with van der Waals surface area (Å²) in [6.07, 6.45) is 1.65. The minimum atomic E-state index is -0.482. The third-order valence-corrected chi connectivity index (χ3v) is 5.11. The SMILES string of the molecule is C=CC(=O)Oc1c(Cc2cc(C(C)(C)C)cc(C)c2O)cc(C)cc1C(C)(C)C. The number of hydrogen-bond donors (Lipinski definition) is 1. The molecule has 29 heavy (non-hydrogen) atoms. The van der Waals surface area contributed by atoms with Gasteiger partial charge in [-0.2, -0.15) is 0 Å². The largest absolute Gasteiger partial charge is 0.507 e. The molecule has 2 aromatic rings. The van der Waals surface area contributed by atoms with Crippen molar-refractivity contribution in [3.8, 4) is 11.5 Å². The Morgan fingerprint density at radius 2 is 1.62 bits per heavy atom. The van der Waals surface area contributed by atoms with Crippen molar-refractivity contribution in [2.24, 2.45) is 0 Å². The van der Waals surface area contributed by atoms with Gasteiger partial charge in [0.15, 0.2) is 0 Å². The number of benzene rings is 2. The zero-order valence-electron chi connectivity index (χ0n) is 19.1. The number of phenolic OH excluding ortho intramolecular Hbond substituents is 1. The molecule has 2 rings (SSSR count). The van der Waals surface area contributed by atoms with Crippen LogP contribution in [0.25, 0.3) is 0 Å². The molecule has 0 amide bonds. The highest BCUT2D eigenvalue weighted by Crippen LogP contribution is 2.39. The lowest BCUT2D eigenvalue weighted by molar-refractivity contribution is -0.129. The fourth-order valence-electron chi connectivity index (χ4n) is 3.42. The van der Waals surface area contributed by atoms with Crippen molar-refractivity contribution >= 4 is 5.97 Å². The Balaban J connectivity index is 2.69. The highest BCUT2D eigenvalue weighted by molar-refractivity contribution is 5.84. The first-order chi connectivity index (χ1) is 13.2. The molecule has 0 aliphatic heterocycles. The molecular weight excluding hydrogens is 360 g/mol. The number of aryl methyl sites for hydroxylation is 2. The van der Waals surface area contributed by atoms with E-state index in [0.29, 0.717) is 12.2 Å². The van der Waals surface area contributed by atoms with Crippen LogP contribution >= 0.6 is 0 Å². The molecule has 3 heteroatoms. The lowest BCUT2D eigenvalue weighted by atomic mass is 9.82. The zero-order chi connectivity index (χ0) is 22.1. The van der Waals surface area contributed by atoms with Gasteiger partial charge in [-0.25, -0.2) is 4.79 Å². The van der Waals surface area contributed by atoms with Gasteiger partial charge < -0.3 is 9.84 Å². The smallest absolute Gasteiger partial charge is 0.335 e. The molecule has 2 aromatic carbocycles. The van der Waals surface area contributed by atoms with E-state index in [1.54, 1.807) is 0 Å². The second-order valence-electron chi connectivity index (χ2n) is 9.90. The summed E-state index contributed by atoms with van der Waals surface area (Å²) < 4.78 is 5.71. The average Bonchev–Trinajstić information content (AvgIpc) is 2.58. The molecule has 0 spiro atoms. The van der Waals surface area contributed by atoms with E-state index in [-0.39, 0.29) is 16.6 Å². The average molecular weight is 395 g/mol. The van der Waals surface area contributed by atoms with Crippen LogP contribution in [0.2, 0.25) is 0 Å². The minimum absolute atomic E-state index is 0.0332. The zero-order valence-corrected chi connectivity index (χ0v) is 19.1. The van der Waals surface area contributed by atoms with E-state index in [4.69, 9.17) is 4.74 Å². The van der Waals surface area contributed by atoms with Crippen molar-refractivity contribution in [2.45, 2.75) is 72.6 Å². The first kappa shape index (κ1) is 22.7. The maximum atomic E-state index is 12.1. The number of ether oxygens (including phenoxy) is 1. The third-order valence-electron chi connectivity index (χ3n) is 5.11. The lowest BCUT2D eigenvalue weighted by Crippen LogP contribution is -2.17. The first-order valence-electron chi connectivity index (χ1n) is 10.0. The lowest BCUT2D eigenvalue weighted by Gasteiger charge is -2.26. The van der Waals surface area contributed by atoms with E-state index >= 15 is 0 Å². The van der Waals surface area contributed by atoms with Crippen LogP contribution in [-0.4, -0.2) is 11.1 Å². The second kappa shape index (κ2) is 8.06. The van der Waals surface area contributed by atoms with Gasteiger partial charge in [-0.15, -0.1) is 0 Å². The van der Waals surface area contributed by atoms with Crippen LogP contribution in [0, 0.1) is 13.8 Å². The summed E-state index contributed by atoms with van der Waals surface area (Å²) in [5.41, 5.74) is 5.54. The van der Waals surface area contributed by atoms with Gasteiger partial charge in [0.2, 0.25) is 0 Å². The summed E-state index contributed by atoms with van der Waals surface area (Å²) >= 11 is 0. The number of aromatic hydroxyl groups is 1. The Morgan fingerprint density at radius 1 is 1.00 bits per heavy atom. The van der Waals surface area contributed by atoms with Gasteiger partial charge in [0.25, 0.3) is 0 Å². The molecule has 0 unspecified atom stereocenters. The molecule has 0 fully saturated rings. The molecule has 0 aliphatic rings. The number of carbonyl (C=O) groups excluding carboxylic acids is 1. The van der Waals surface area contributed by atoms with Gasteiger partial charge in [0.1, 0.15) is 11.5 Å². The summed E-state index contributed by atoms with van der Waals surface area (Å²) in [5, 5.41) is 10.7. The number of hydrogen-bond acceptors (Lipinski definition) is 3. The second-order valence-corrected chi connectivity index (χ2v) is 9.90. The fraction of sp³-hybridized carbons (Fsp3) is 0.423. The van der Waals surface area contributed by atoms with E-state index in [0.717, 1.165) is 33.4 Å². The summed E-state index contributed by atoms with van der Waals surface area (Å²) in [7, 11) is 0. The van der Waals surface area contributed by atoms with Crippen LogP contribution in [0.5, 0.6) is 11.5 Å². The van der Waals surface area contributed by atoms with Gasteiger partial charge in [0, 0.05) is 18.1 Å². The number of rotatable bonds is 4.